The highest BCUT2D eigenvalue weighted by Gasteiger charge is 2.24. The Kier molecular flexibility index (Phi) is 5.66. The van der Waals surface area contributed by atoms with Gasteiger partial charge in [0, 0.05) is 0 Å². The average molecular weight is 190 g/mol. The Bertz CT molecular complexity index is 148. The van der Waals surface area contributed by atoms with E-state index < -0.39 is 11.4 Å². The fraction of sp³-hybridized carbons (Fsp3) is 0.889. The molecule has 0 bridgehead atoms. The van der Waals surface area contributed by atoms with E-state index in [4.69, 9.17) is 0 Å². The van der Waals surface area contributed by atoms with Gasteiger partial charge in [-0.3, -0.25) is 4.89 Å². The topological polar surface area (TPSA) is 44.8 Å². The molecule has 13 heavy (non-hydrogen) atoms. The van der Waals surface area contributed by atoms with Crippen molar-refractivity contribution in [1.29, 1.82) is 0 Å². The second-order valence-corrected chi connectivity index (χ2v) is 3.86. The van der Waals surface area contributed by atoms with Crippen molar-refractivity contribution in [3.05, 3.63) is 0 Å². The van der Waals surface area contributed by atoms with E-state index in [-0.39, 0.29) is 0 Å². The molecule has 0 unspecified atom stereocenters. The van der Waals surface area contributed by atoms with Crippen LogP contribution in [0.25, 0.3) is 0 Å². The zero-order valence-electron chi connectivity index (χ0n) is 8.75. The van der Waals surface area contributed by atoms with Crippen molar-refractivity contribution in [3.63, 3.8) is 0 Å². The monoisotopic (exact) mass is 190 g/mol. The van der Waals surface area contributed by atoms with Crippen LogP contribution in [0.1, 0.15) is 40.5 Å². The molecule has 0 fully saturated rings. The van der Waals surface area contributed by atoms with Gasteiger partial charge in [0.15, 0.2) is 0 Å². The van der Waals surface area contributed by atoms with Crippen molar-refractivity contribution < 1.29 is 19.6 Å². The summed E-state index contributed by atoms with van der Waals surface area (Å²) in [5, 5.41) is 4.27. The largest absolute Gasteiger partial charge is 0.350 e. The molecule has 0 aromatic carbocycles. The maximum absolute atomic E-state index is 11.1. The van der Waals surface area contributed by atoms with Gasteiger partial charge >= 0.3 is 5.97 Å². The minimum Gasteiger partial charge on any atom is -0.268 e. The van der Waals surface area contributed by atoms with Crippen molar-refractivity contribution in [3.8, 4) is 0 Å². The summed E-state index contributed by atoms with van der Waals surface area (Å²) in [4.78, 5) is 20.1. The van der Waals surface area contributed by atoms with E-state index >= 15 is 0 Å². The summed E-state index contributed by atoms with van der Waals surface area (Å²) in [6, 6.07) is 0. The third-order valence-electron chi connectivity index (χ3n) is 1.35. The predicted octanol–water partition coefficient (Wildman–Crippen LogP) is 2.24. The molecule has 0 aliphatic heterocycles. The van der Waals surface area contributed by atoms with Crippen molar-refractivity contribution in [2.75, 3.05) is 6.61 Å². The maximum Gasteiger partial charge on any atom is 0.350 e. The molecule has 0 aliphatic rings. The van der Waals surface area contributed by atoms with Crippen molar-refractivity contribution in [2.24, 2.45) is 5.41 Å². The first kappa shape index (κ1) is 12.4. The normalized spacial score (nSPS) is 11.4. The number of hydrogen-bond donors (Lipinski definition) is 0. The zero-order valence-corrected chi connectivity index (χ0v) is 8.75. The van der Waals surface area contributed by atoms with Gasteiger partial charge in [0.1, 0.15) is 0 Å². The second kappa shape index (κ2) is 5.94. The van der Waals surface area contributed by atoms with E-state index in [1.165, 1.54) is 0 Å². The summed E-state index contributed by atoms with van der Waals surface area (Å²) in [5.74, 6) is -0.441. The van der Waals surface area contributed by atoms with E-state index in [0.29, 0.717) is 6.61 Å². The lowest BCUT2D eigenvalue weighted by atomic mass is 9.98. The van der Waals surface area contributed by atoms with Crippen LogP contribution in [-0.4, -0.2) is 12.6 Å². The van der Waals surface area contributed by atoms with E-state index in [0.717, 1.165) is 12.8 Å². The van der Waals surface area contributed by atoms with Crippen LogP contribution in [0.15, 0.2) is 0 Å². The van der Waals surface area contributed by atoms with Gasteiger partial charge in [0.2, 0.25) is 0 Å². The number of unbranched alkanes of at least 4 members (excludes halogenated alkanes) is 1. The summed E-state index contributed by atoms with van der Waals surface area (Å²) in [6.07, 6.45) is 1.89. The van der Waals surface area contributed by atoms with Crippen molar-refractivity contribution >= 4 is 5.97 Å². The van der Waals surface area contributed by atoms with Crippen molar-refractivity contribution in [2.45, 2.75) is 40.5 Å². The zero-order chi connectivity index (χ0) is 10.3. The molecule has 0 aromatic heterocycles. The third-order valence-corrected chi connectivity index (χ3v) is 1.35. The summed E-state index contributed by atoms with van der Waals surface area (Å²) in [5.41, 5.74) is -0.561. The Balaban J connectivity index is 3.38. The molecule has 0 spiro atoms. The van der Waals surface area contributed by atoms with Crippen LogP contribution in [0.5, 0.6) is 0 Å². The number of hydrogen-bond acceptors (Lipinski definition) is 4. The lowest BCUT2D eigenvalue weighted by Gasteiger charge is -2.13. The molecule has 0 aromatic rings. The average Bonchev–Trinajstić information content (AvgIpc) is 2.02. The molecule has 4 nitrogen and oxygen atoms in total. The van der Waals surface area contributed by atoms with Gasteiger partial charge in [-0.05, 0) is 32.2 Å². The van der Waals surface area contributed by atoms with Gasteiger partial charge in [-0.15, -0.1) is 0 Å². The molecule has 0 radical (unpaired) electrons. The number of carbonyl (C=O) groups is 1. The van der Waals surface area contributed by atoms with Crippen LogP contribution in [-0.2, 0) is 19.6 Å². The first-order chi connectivity index (χ1) is 5.98. The molecule has 0 saturated heterocycles. The molecule has 0 saturated carbocycles. The summed E-state index contributed by atoms with van der Waals surface area (Å²) >= 11 is 0. The van der Waals surface area contributed by atoms with E-state index in [2.05, 4.69) is 14.8 Å². The lowest BCUT2D eigenvalue weighted by Crippen LogP contribution is -2.23. The Morgan fingerprint density at radius 3 is 2.38 bits per heavy atom. The van der Waals surface area contributed by atoms with Crippen LogP contribution in [0, 0.1) is 5.41 Å². The van der Waals surface area contributed by atoms with Gasteiger partial charge in [0.25, 0.3) is 0 Å². The van der Waals surface area contributed by atoms with Crippen LogP contribution in [0.4, 0.5) is 0 Å². The fourth-order valence-electron chi connectivity index (χ4n) is 0.417. The smallest absolute Gasteiger partial charge is 0.268 e. The molecule has 0 aliphatic carbocycles. The summed E-state index contributed by atoms with van der Waals surface area (Å²) in [7, 11) is 0. The van der Waals surface area contributed by atoms with Crippen LogP contribution in [0.3, 0.4) is 0 Å². The predicted molar refractivity (Wildman–Crippen MR) is 47.5 cm³/mol. The van der Waals surface area contributed by atoms with Crippen LogP contribution >= 0.6 is 0 Å². The van der Waals surface area contributed by atoms with Gasteiger partial charge in [-0.1, -0.05) is 13.3 Å². The van der Waals surface area contributed by atoms with E-state index in [1.807, 2.05) is 6.92 Å². The second-order valence-electron chi connectivity index (χ2n) is 3.86. The highest BCUT2D eigenvalue weighted by atomic mass is 17.5. The number of rotatable bonds is 5. The Morgan fingerprint density at radius 2 is 1.92 bits per heavy atom. The Morgan fingerprint density at radius 1 is 1.31 bits per heavy atom. The van der Waals surface area contributed by atoms with Gasteiger partial charge in [-0.2, -0.15) is 4.89 Å². The highest BCUT2D eigenvalue weighted by molar-refractivity contribution is 5.74. The highest BCUT2D eigenvalue weighted by Crippen LogP contribution is 2.15. The molecular formula is C9H18O4. The lowest BCUT2D eigenvalue weighted by molar-refractivity contribution is -0.488. The first-order valence-corrected chi connectivity index (χ1v) is 4.49. The molecule has 0 heterocycles. The quantitative estimate of drug-likeness (QED) is 0.379. The molecule has 0 atom stereocenters. The molecule has 78 valence electrons. The minimum absolute atomic E-state index is 0.438. The van der Waals surface area contributed by atoms with E-state index in [1.54, 1.807) is 20.8 Å². The Hall–Kier alpha value is -0.610. The first-order valence-electron chi connectivity index (χ1n) is 4.49. The molecule has 0 amide bonds. The Labute approximate surface area is 79.0 Å². The van der Waals surface area contributed by atoms with E-state index in [9.17, 15) is 4.79 Å². The van der Waals surface area contributed by atoms with Crippen LogP contribution < -0.4 is 0 Å². The molecule has 4 heteroatoms. The number of carbonyl (C=O) groups excluding carboxylic acids is 1. The summed E-state index contributed by atoms with van der Waals surface area (Å²) < 4.78 is 0. The molecule has 0 N–H and O–H groups in total. The van der Waals surface area contributed by atoms with Gasteiger partial charge in [-0.25, -0.2) is 4.79 Å². The third kappa shape index (κ3) is 6.54. The SMILES string of the molecule is CCCCOOOC(=O)C(C)(C)C. The standard InChI is InChI=1S/C9H18O4/c1-5-6-7-11-13-12-8(10)9(2,3)4/h5-7H2,1-4H3. The minimum atomic E-state index is -0.561. The summed E-state index contributed by atoms with van der Waals surface area (Å²) in [6.45, 7) is 7.69. The van der Waals surface area contributed by atoms with Crippen molar-refractivity contribution in [1.82, 2.24) is 0 Å². The fourth-order valence-corrected chi connectivity index (χ4v) is 0.417. The maximum atomic E-state index is 11.1. The van der Waals surface area contributed by atoms with Gasteiger partial charge in [0.05, 0.1) is 12.0 Å². The molecular weight excluding hydrogens is 172 g/mol. The van der Waals surface area contributed by atoms with Gasteiger partial charge < -0.3 is 0 Å². The molecule has 0 rings (SSSR count). The van der Waals surface area contributed by atoms with Crippen LogP contribution in [0.2, 0.25) is 0 Å².